The van der Waals surface area contributed by atoms with E-state index in [1.165, 1.54) is 46.5 Å². The van der Waals surface area contributed by atoms with Crippen LogP contribution in [0.1, 0.15) is 69.9 Å². The number of nitrogen functional groups attached to an aromatic ring is 1. The van der Waals surface area contributed by atoms with E-state index in [-0.39, 0.29) is 60.4 Å². The maximum absolute atomic E-state index is 14.2. The van der Waals surface area contributed by atoms with E-state index in [4.69, 9.17) is 15.5 Å². The largest absolute Gasteiger partial charge is 0.437 e. The van der Waals surface area contributed by atoms with Gasteiger partial charge in [0.1, 0.15) is 22.8 Å². The van der Waals surface area contributed by atoms with E-state index in [2.05, 4.69) is 16.9 Å². The highest BCUT2D eigenvalue weighted by molar-refractivity contribution is 7.13. The smallest absolute Gasteiger partial charge is 0.280 e. The van der Waals surface area contributed by atoms with Crippen LogP contribution in [0.15, 0.2) is 65.7 Å². The molecule has 4 aromatic rings. The molecule has 3 aliphatic rings. The van der Waals surface area contributed by atoms with Gasteiger partial charge in [-0.1, -0.05) is 30.3 Å². The summed E-state index contributed by atoms with van der Waals surface area (Å²) in [5.74, 6) is -0.452. The summed E-state index contributed by atoms with van der Waals surface area (Å²) in [6.07, 6.45) is 4.52. The van der Waals surface area contributed by atoms with E-state index >= 15 is 0 Å². The average molecular weight is 744 g/mol. The van der Waals surface area contributed by atoms with Gasteiger partial charge in [0, 0.05) is 50.5 Å². The molecule has 2 amide bonds. The lowest BCUT2D eigenvalue weighted by Crippen LogP contribution is -2.53. The first kappa shape index (κ1) is 36.7. The monoisotopic (exact) mass is 743 g/mol. The summed E-state index contributed by atoms with van der Waals surface area (Å²) in [4.78, 5) is 57.1. The number of benzene rings is 2. The normalized spacial score (nSPS) is 22.1. The van der Waals surface area contributed by atoms with Crippen molar-refractivity contribution in [3.63, 3.8) is 0 Å². The average Bonchev–Trinajstić information content (AvgIpc) is 3.56. The molecule has 3 saturated heterocycles. The fourth-order valence-electron chi connectivity index (χ4n) is 7.92. The van der Waals surface area contributed by atoms with Gasteiger partial charge >= 0.3 is 0 Å². The van der Waals surface area contributed by atoms with E-state index in [0.717, 1.165) is 42.2 Å². The van der Waals surface area contributed by atoms with E-state index in [9.17, 15) is 23.9 Å². The number of aryl methyl sites for hydroxylation is 1. The Morgan fingerprint density at radius 3 is 2.47 bits per heavy atom. The van der Waals surface area contributed by atoms with Crippen molar-refractivity contribution >= 4 is 28.8 Å². The number of likely N-dealkylation sites (tertiary alicyclic amines) is 3. The van der Waals surface area contributed by atoms with Crippen LogP contribution in [0.2, 0.25) is 0 Å². The molecule has 0 radical (unpaired) electrons. The number of ether oxygens (including phenoxy) is 1. The molecule has 7 rings (SSSR count). The van der Waals surface area contributed by atoms with Crippen LogP contribution in [-0.2, 0) is 11.3 Å². The first-order valence-electron chi connectivity index (χ1n) is 18.3. The molecule has 5 heterocycles. The molecule has 2 aromatic heterocycles. The highest BCUT2D eigenvalue weighted by Crippen LogP contribution is 2.38. The number of halogens is 1. The molecule has 0 bridgehead atoms. The molecular weight excluding hydrogens is 698 g/mol. The summed E-state index contributed by atoms with van der Waals surface area (Å²) < 4.78 is 20.1. The van der Waals surface area contributed by atoms with Gasteiger partial charge in [0.2, 0.25) is 11.8 Å². The molecule has 12 nitrogen and oxygen atoms in total. The van der Waals surface area contributed by atoms with Gasteiger partial charge in [-0.05, 0) is 82.4 Å². The number of carbonyl (C=O) groups is 2. The minimum atomic E-state index is -1.26. The lowest BCUT2D eigenvalue weighted by atomic mass is 9.79. The van der Waals surface area contributed by atoms with Crippen LogP contribution in [0, 0.1) is 18.7 Å². The van der Waals surface area contributed by atoms with Crippen molar-refractivity contribution in [3.8, 4) is 11.6 Å². The van der Waals surface area contributed by atoms with Gasteiger partial charge < -0.3 is 30.3 Å². The summed E-state index contributed by atoms with van der Waals surface area (Å²) in [5.41, 5.74) is 5.79. The summed E-state index contributed by atoms with van der Waals surface area (Å²) in [7, 11) is 2.13. The van der Waals surface area contributed by atoms with Crippen LogP contribution in [0.4, 0.5) is 10.1 Å². The van der Waals surface area contributed by atoms with Crippen LogP contribution in [-0.4, -0.2) is 98.1 Å². The number of amides is 2. The predicted molar refractivity (Wildman–Crippen MR) is 200 cm³/mol. The number of aliphatic hydroxyl groups is 1. The highest BCUT2D eigenvalue weighted by Gasteiger charge is 2.42. The molecule has 0 saturated carbocycles. The van der Waals surface area contributed by atoms with Crippen molar-refractivity contribution in [1.29, 1.82) is 0 Å². The minimum absolute atomic E-state index is 0.0102. The Morgan fingerprint density at radius 1 is 1.02 bits per heavy atom. The molecule has 3 N–H and O–H groups in total. The van der Waals surface area contributed by atoms with Crippen molar-refractivity contribution in [3.05, 3.63) is 98.2 Å². The molecule has 1 unspecified atom stereocenters. The third kappa shape index (κ3) is 7.99. The standard InChI is InChI=1S/C39H46FN7O5S/c1-25-33(53-35(43-25)27-9-6-17-44(2)21-27)38(50)46-18-14-30(31(22-46)26-7-4-3-5-8-26)36(48)45-19-15-39(51,16-20-45)23-47-24-42-34(32(41)37(47)49)52-29-12-10-28(40)11-13-29/h3-5,7-8,10-13,24,27,30-31,51H,6,9,14-23,41H2,1-2H3/t27?,30-,31+/m1/s1. The van der Waals surface area contributed by atoms with Gasteiger partial charge in [0.25, 0.3) is 11.5 Å². The van der Waals surface area contributed by atoms with Crippen molar-refractivity contribution in [2.75, 3.05) is 52.0 Å². The number of thiazole rings is 1. The number of aromatic nitrogens is 3. The molecule has 0 aliphatic carbocycles. The second-order valence-electron chi connectivity index (χ2n) is 14.7. The number of nitrogens with zero attached hydrogens (tertiary/aromatic N) is 6. The fourth-order valence-corrected chi connectivity index (χ4v) is 9.08. The van der Waals surface area contributed by atoms with E-state index in [0.29, 0.717) is 43.4 Å². The SMILES string of the molecule is Cc1nc(C2CCCN(C)C2)sc1C(=O)N1CC[C@@H](C(=O)N2CCC(O)(Cn3cnc(Oc4ccc(F)cc4)c(N)c3=O)CC2)[C@H](c2ccccc2)C1. The minimum Gasteiger partial charge on any atom is -0.437 e. The summed E-state index contributed by atoms with van der Waals surface area (Å²) >= 11 is 1.52. The van der Waals surface area contributed by atoms with Crippen molar-refractivity contribution in [2.45, 2.75) is 63.0 Å². The fraction of sp³-hybridized carbons (Fsp3) is 0.462. The zero-order chi connectivity index (χ0) is 37.3. The quantitative estimate of drug-likeness (QED) is 0.264. The van der Waals surface area contributed by atoms with Crippen LogP contribution in [0.25, 0.3) is 0 Å². The molecule has 53 heavy (non-hydrogen) atoms. The topological polar surface area (TPSA) is 147 Å². The summed E-state index contributed by atoms with van der Waals surface area (Å²) in [6.45, 7) is 5.43. The molecule has 3 fully saturated rings. The Kier molecular flexibility index (Phi) is 10.6. The van der Waals surface area contributed by atoms with Crippen LogP contribution in [0.3, 0.4) is 0 Å². The summed E-state index contributed by atoms with van der Waals surface area (Å²) in [6, 6.07) is 15.2. The number of nitrogens with two attached hydrogens (primary N) is 1. The van der Waals surface area contributed by atoms with E-state index in [1.54, 1.807) is 0 Å². The first-order valence-corrected chi connectivity index (χ1v) is 19.1. The second kappa shape index (κ2) is 15.4. The Balaban J connectivity index is 1.01. The second-order valence-corrected chi connectivity index (χ2v) is 15.8. The van der Waals surface area contributed by atoms with Crippen LogP contribution >= 0.6 is 11.3 Å². The van der Waals surface area contributed by atoms with E-state index in [1.807, 2.05) is 47.1 Å². The van der Waals surface area contributed by atoms with Gasteiger partial charge in [-0.2, -0.15) is 0 Å². The Labute approximate surface area is 312 Å². The molecule has 14 heteroatoms. The maximum Gasteiger partial charge on any atom is 0.280 e. The van der Waals surface area contributed by atoms with Crippen molar-refractivity contribution in [2.24, 2.45) is 5.92 Å². The number of hydrogen-bond donors (Lipinski definition) is 2. The number of anilines is 1. The predicted octanol–water partition coefficient (Wildman–Crippen LogP) is 4.63. The zero-order valence-electron chi connectivity index (χ0n) is 30.1. The number of rotatable bonds is 8. The first-order chi connectivity index (χ1) is 25.5. The molecular formula is C39H46FN7O5S. The van der Waals surface area contributed by atoms with Crippen molar-refractivity contribution < 1.29 is 23.8 Å². The van der Waals surface area contributed by atoms with Gasteiger partial charge in [0.15, 0.2) is 5.69 Å². The molecule has 0 spiro atoms. The Morgan fingerprint density at radius 2 is 1.75 bits per heavy atom. The molecule has 280 valence electrons. The molecule has 2 aromatic carbocycles. The lowest BCUT2D eigenvalue weighted by molar-refractivity contribution is -0.142. The Hall–Kier alpha value is -4.66. The third-order valence-electron chi connectivity index (χ3n) is 11.0. The maximum atomic E-state index is 14.2. The van der Waals surface area contributed by atoms with Gasteiger partial charge in [-0.25, -0.2) is 14.4 Å². The molecule has 3 aliphatic heterocycles. The van der Waals surface area contributed by atoms with Crippen LogP contribution in [0.5, 0.6) is 11.6 Å². The highest BCUT2D eigenvalue weighted by atomic mass is 32.1. The number of likely N-dealkylation sites (N-methyl/N-ethyl adjacent to an activating group) is 1. The number of hydrogen-bond acceptors (Lipinski definition) is 10. The van der Waals surface area contributed by atoms with Gasteiger partial charge in [-0.3, -0.25) is 19.0 Å². The van der Waals surface area contributed by atoms with Gasteiger partial charge in [-0.15, -0.1) is 11.3 Å². The van der Waals surface area contributed by atoms with E-state index < -0.39 is 17.0 Å². The number of carbonyl (C=O) groups excluding carboxylic acids is 2. The van der Waals surface area contributed by atoms with Crippen LogP contribution < -0.4 is 16.0 Å². The van der Waals surface area contributed by atoms with Gasteiger partial charge in [0.05, 0.1) is 22.8 Å². The Bertz CT molecular complexity index is 2000. The molecule has 3 atom stereocenters. The summed E-state index contributed by atoms with van der Waals surface area (Å²) in [5, 5.41) is 12.6. The lowest BCUT2D eigenvalue weighted by Gasteiger charge is -2.43. The zero-order valence-corrected chi connectivity index (χ0v) is 30.9. The number of piperidine rings is 3. The third-order valence-corrected chi connectivity index (χ3v) is 12.3. The van der Waals surface area contributed by atoms with Crippen molar-refractivity contribution in [1.82, 2.24) is 29.2 Å².